The van der Waals surface area contributed by atoms with Gasteiger partial charge in [-0.1, -0.05) is 12.1 Å². The number of hydrogen-bond donors (Lipinski definition) is 0. The first kappa shape index (κ1) is 16.4. The van der Waals surface area contributed by atoms with Crippen LogP contribution < -0.4 is 0 Å². The molecule has 24 heavy (non-hydrogen) atoms. The number of oxazole rings is 1. The molecule has 0 saturated heterocycles. The van der Waals surface area contributed by atoms with Crippen LogP contribution in [0.15, 0.2) is 41.3 Å². The minimum absolute atomic E-state index is 0.0161. The maximum atomic E-state index is 12.7. The fraction of sp³-hybridized carbons (Fsp3) is 0.278. The second kappa shape index (κ2) is 6.57. The van der Waals surface area contributed by atoms with E-state index < -0.39 is 0 Å². The summed E-state index contributed by atoms with van der Waals surface area (Å²) in [6.45, 7) is 6.00. The zero-order chi connectivity index (χ0) is 17.3. The molecule has 0 aliphatic heterocycles. The van der Waals surface area contributed by atoms with Crippen LogP contribution in [0.2, 0.25) is 0 Å². The number of thiazole rings is 1. The van der Waals surface area contributed by atoms with Gasteiger partial charge in [0.25, 0.3) is 5.91 Å². The zero-order valence-corrected chi connectivity index (χ0v) is 14.9. The molecule has 0 fully saturated rings. The molecule has 0 bridgehead atoms. The molecule has 0 unspecified atom stereocenters. The van der Waals surface area contributed by atoms with Gasteiger partial charge in [-0.2, -0.15) is 0 Å². The van der Waals surface area contributed by atoms with E-state index in [0.29, 0.717) is 11.3 Å². The van der Waals surface area contributed by atoms with Crippen molar-refractivity contribution in [1.29, 1.82) is 0 Å². The number of rotatable bonds is 4. The van der Waals surface area contributed by atoms with Gasteiger partial charge < -0.3 is 9.32 Å². The fourth-order valence-electron chi connectivity index (χ4n) is 2.63. The largest absolute Gasteiger partial charge is 0.444 e. The molecule has 6 heteroatoms. The van der Waals surface area contributed by atoms with Crippen molar-refractivity contribution in [3.8, 4) is 11.3 Å². The van der Waals surface area contributed by atoms with Crippen molar-refractivity contribution in [1.82, 2.24) is 14.9 Å². The summed E-state index contributed by atoms with van der Waals surface area (Å²) in [4.78, 5) is 24.0. The van der Waals surface area contributed by atoms with Crippen LogP contribution in [0.5, 0.6) is 0 Å². The van der Waals surface area contributed by atoms with Crippen LogP contribution in [0, 0.1) is 13.8 Å². The number of aromatic nitrogens is 2. The Hall–Kier alpha value is -2.47. The number of aryl methyl sites for hydroxylation is 2. The molecule has 2 aromatic heterocycles. The fourth-order valence-corrected chi connectivity index (χ4v) is 3.65. The summed E-state index contributed by atoms with van der Waals surface area (Å²) in [5.74, 6) is 0.670. The van der Waals surface area contributed by atoms with Crippen molar-refractivity contribution in [3.63, 3.8) is 0 Å². The topological polar surface area (TPSA) is 59.2 Å². The molecule has 124 valence electrons. The van der Waals surface area contributed by atoms with Gasteiger partial charge in [0.2, 0.25) is 0 Å². The highest BCUT2D eigenvalue weighted by Crippen LogP contribution is 2.29. The lowest BCUT2D eigenvalue weighted by molar-refractivity contribution is 0.0744. The summed E-state index contributed by atoms with van der Waals surface area (Å²) >= 11 is 1.64. The lowest BCUT2D eigenvalue weighted by atomic mass is 10.1. The molecule has 0 aliphatic carbocycles. The van der Waals surface area contributed by atoms with Gasteiger partial charge in [-0.3, -0.25) is 4.79 Å². The molecule has 0 radical (unpaired) electrons. The molecule has 5 nitrogen and oxygen atoms in total. The Labute approximate surface area is 145 Å². The summed E-state index contributed by atoms with van der Waals surface area (Å²) in [5.41, 5.74) is 2.53. The molecule has 3 rings (SSSR count). The molecule has 1 atom stereocenters. The van der Waals surface area contributed by atoms with Gasteiger partial charge in [0, 0.05) is 23.1 Å². The van der Waals surface area contributed by atoms with Crippen LogP contribution in [-0.2, 0) is 0 Å². The van der Waals surface area contributed by atoms with E-state index in [2.05, 4.69) is 9.97 Å². The average Bonchev–Trinajstić information content (AvgIpc) is 3.22. The Morgan fingerprint density at radius 3 is 2.50 bits per heavy atom. The van der Waals surface area contributed by atoms with Gasteiger partial charge in [-0.25, -0.2) is 9.97 Å². The summed E-state index contributed by atoms with van der Waals surface area (Å²) < 4.78 is 5.27. The SMILES string of the molecule is Cc1nc(C)c([C@@H](C)N(C)C(=O)c2ccc(-c3cnco3)cc2)s1. The van der Waals surface area contributed by atoms with Crippen molar-refractivity contribution in [2.24, 2.45) is 0 Å². The Morgan fingerprint density at radius 2 is 1.96 bits per heavy atom. The van der Waals surface area contributed by atoms with Gasteiger partial charge in [0.15, 0.2) is 12.2 Å². The number of hydrogen-bond acceptors (Lipinski definition) is 5. The van der Waals surface area contributed by atoms with Gasteiger partial charge in [-0.05, 0) is 32.9 Å². The molecule has 0 saturated carbocycles. The van der Waals surface area contributed by atoms with Crippen LogP contribution in [0.1, 0.15) is 38.9 Å². The summed E-state index contributed by atoms with van der Waals surface area (Å²) in [7, 11) is 1.83. The minimum atomic E-state index is -0.0166. The van der Waals surface area contributed by atoms with Crippen LogP contribution in [0.3, 0.4) is 0 Å². The van der Waals surface area contributed by atoms with E-state index in [4.69, 9.17) is 4.42 Å². The summed E-state index contributed by atoms with van der Waals surface area (Å²) in [5, 5.41) is 1.02. The van der Waals surface area contributed by atoms with Gasteiger partial charge in [0.1, 0.15) is 0 Å². The highest BCUT2D eigenvalue weighted by atomic mass is 32.1. The van der Waals surface area contributed by atoms with E-state index >= 15 is 0 Å². The number of benzene rings is 1. The third-order valence-corrected chi connectivity index (χ3v) is 5.31. The van der Waals surface area contributed by atoms with Crippen molar-refractivity contribution in [3.05, 3.63) is 58.0 Å². The number of carbonyl (C=O) groups is 1. The molecule has 0 N–H and O–H groups in total. The number of nitrogens with zero attached hydrogens (tertiary/aromatic N) is 3. The van der Waals surface area contributed by atoms with E-state index in [0.717, 1.165) is 21.1 Å². The Morgan fingerprint density at radius 1 is 1.25 bits per heavy atom. The van der Waals surface area contributed by atoms with Gasteiger partial charge in [0.05, 0.1) is 22.9 Å². The van der Waals surface area contributed by atoms with Crippen molar-refractivity contribution in [2.45, 2.75) is 26.8 Å². The molecule has 1 aromatic carbocycles. The molecule has 0 spiro atoms. The van der Waals surface area contributed by atoms with E-state index in [1.807, 2.05) is 52.1 Å². The first-order valence-electron chi connectivity index (χ1n) is 7.67. The lowest BCUT2D eigenvalue weighted by Crippen LogP contribution is -2.29. The van der Waals surface area contributed by atoms with E-state index in [1.165, 1.54) is 6.39 Å². The number of amides is 1. The molecule has 3 aromatic rings. The van der Waals surface area contributed by atoms with Crippen molar-refractivity contribution in [2.75, 3.05) is 7.05 Å². The van der Waals surface area contributed by atoms with Gasteiger partial charge in [-0.15, -0.1) is 11.3 Å². The molecular weight excluding hydrogens is 322 g/mol. The highest BCUT2D eigenvalue weighted by Gasteiger charge is 2.22. The van der Waals surface area contributed by atoms with Gasteiger partial charge >= 0.3 is 0 Å². The highest BCUT2D eigenvalue weighted by molar-refractivity contribution is 7.11. The maximum absolute atomic E-state index is 12.7. The monoisotopic (exact) mass is 341 g/mol. The minimum Gasteiger partial charge on any atom is -0.444 e. The Balaban J connectivity index is 1.79. The maximum Gasteiger partial charge on any atom is 0.254 e. The predicted molar refractivity (Wildman–Crippen MR) is 94.0 cm³/mol. The lowest BCUT2D eigenvalue weighted by Gasteiger charge is -2.24. The summed E-state index contributed by atoms with van der Waals surface area (Å²) in [6, 6.07) is 7.35. The quantitative estimate of drug-likeness (QED) is 0.712. The first-order valence-corrected chi connectivity index (χ1v) is 8.49. The average molecular weight is 341 g/mol. The van der Waals surface area contributed by atoms with Crippen molar-refractivity contribution >= 4 is 17.2 Å². The smallest absolute Gasteiger partial charge is 0.254 e. The third kappa shape index (κ3) is 3.10. The van der Waals surface area contributed by atoms with E-state index in [9.17, 15) is 4.79 Å². The van der Waals surface area contributed by atoms with Crippen LogP contribution >= 0.6 is 11.3 Å². The normalized spacial score (nSPS) is 12.2. The second-order valence-electron chi connectivity index (χ2n) is 5.72. The molecule has 0 aliphatic rings. The van der Waals surface area contributed by atoms with E-state index in [1.54, 1.807) is 22.4 Å². The zero-order valence-electron chi connectivity index (χ0n) is 14.1. The Bertz CT molecular complexity index is 838. The molecule has 1 amide bonds. The Kier molecular flexibility index (Phi) is 4.49. The summed E-state index contributed by atoms with van der Waals surface area (Å²) in [6.07, 6.45) is 3.04. The number of carbonyl (C=O) groups excluding carboxylic acids is 1. The predicted octanol–water partition coefficient (Wildman–Crippen LogP) is 4.25. The van der Waals surface area contributed by atoms with Crippen molar-refractivity contribution < 1.29 is 9.21 Å². The second-order valence-corrected chi connectivity index (χ2v) is 6.95. The third-order valence-electron chi connectivity index (χ3n) is 4.07. The van der Waals surface area contributed by atoms with Crippen LogP contribution in [0.25, 0.3) is 11.3 Å². The molecule has 2 heterocycles. The van der Waals surface area contributed by atoms with Crippen LogP contribution in [0.4, 0.5) is 0 Å². The first-order chi connectivity index (χ1) is 11.5. The van der Waals surface area contributed by atoms with Crippen LogP contribution in [-0.4, -0.2) is 27.8 Å². The standard InChI is InChI=1S/C18H19N3O2S/c1-11-17(24-13(3)20-11)12(2)21(4)18(22)15-7-5-14(6-8-15)16-9-19-10-23-16/h5-10,12H,1-4H3/t12-/m1/s1. The van der Waals surface area contributed by atoms with E-state index in [-0.39, 0.29) is 11.9 Å². The molecular formula is C18H19N3O2S.